The number of hydrogen-bond acceptors (Lipinski definition) is 4. The second-order valence-electron chi connectivity index (χ2n) is 5.15. The van der Waals surface area contributed by atoms with Gasteiger partial charge < -0.3 is 4.74 Å². The van der Waals surface area contributed by atoms with Crippen LogP contribution in [0.5, 0.6) is 5.75 Å². The molecule has 1 unspecified atom stereocenters. The van der Waals surface area contributed by atoms with Crippen molar-refractivity contribution >= 4 is 10.2 Å². The predicted molar refractivity (Wildman–Crippen MR) is 76.5 cm³/mol. The molecule has 0 saturated heterocycles. The third kappa shape index (κ3) is 3.68. The molecule has 112 valence electrons. The molecule has 1 N–H and O–H groups in total. The lowest BCUT2D eigenvalue weighted by molar-refractivity contribution is 0.351. The first-order valence-corrected chi connectivity index (χ1v) is 8.08. The molecule has 0 radical (unpaired) electrons. The van der Waals surface area contributed by atoms with Gasteiger partial charge in [-0.15, -0.1) is 0 Å². The Morgan fingerprint density at radius 1 is 1.50 bits per heavy atom. The van der Waals surface area contributed by atoms with E-state index in [1.165, 1.54) is 4.31 Å². The van der Waals surface area contributed by atoms with Gasteiger partial charge in [0.15, 0.2) is 0 Å². The molecular formula is C13H21N3O3S. The fourth-order valence-corrected chi connectivity index (χ4v) is 3.21. The number of ether oxygens (including phenoxy) is 1. The summed E-state index contributed by atoms with van der Waals surface area (Å²) in [6.45, 7) is 2.15. The minimum Gasteiger partial charge on any atom is -0.495 e. The molecule has 0 aromatic carbocycles. The molecule has 0 spiro atoms. The maximum atomic E-state index is 12.2. The van der Waals surface area contributed by atoms with E-state index < -0.39 is 10.2 Å². The van der Waals surface area contributed by atoms with Crippen LogP contribution in [0.2, 0.25) is 0 Å². The normalized spacial score (nSPS) is 17.2. The molecule has 1 aliphatic carbocycles. The number of methoxy groups -OCH3 is 1. The highest BCUT2D eigenvalue weighted by atomic mass is 32.2. The summed E-state index contributed by atoms with van der Waals surface area (Å²) >= 11 is 0. The Balaban J connectivity index is 1.97. The van der Waals surface area contributed by atoms with Crippen LogP contribution in [0, 0.1) is 5.92 Å². The monoisotopic (exact) mass is 299 g/mol. The summed E-state index contributed by atoms with van der Waals surface area (Å²) in [7, 11) is -0.296. The van der Waals surface area contributed by atoms with E-state index in [-0.39, 0.29) is 12.6 Å². The molecule has 1 atom stereocenters. The van der Waals surface area contributed by atoms with Crippen molar-refractivity contribution in [3.63, 3.8) is 0 Å². The lowest BCUT2D eigenvalue weighted by Crippen LogP contribution is -2.43. The number of aromatic nitrogens is 1. The number of nitrogens with one attached hydrogen (secondary N) is 1. The van der Waals surface area contributed by atoms with Gasteiger partial charge in [-0.1, -0.05) is 0 Å². The smallest absolute Gasteiger partial charge is 0.279 e. The Labute approximate surface area is 120 Å². The van der Waals surface area contributed by atoms with Crippen molar-refractivity contribution in [2.75, 3.05) is 14.2 Å². The zero-order valence-corrected chi connectivity index (χ0v) is 12.9. The summed E-state index contributed by atoms with van der Waals surface area (Å²) in [4.78, 5) is 4.00. The summed E-state index contributed by atoms with van der Waals surface area (Å²) in [5, 5.41) is 0. The predicted octanol–water partition coefficient (Wildman–Crippen LogP) is 1.15. The zero-order chi connectivity index (χ0) is 14.8. The molecule has 7 heteroatoms. The third-order valence-electron chi connectivity index (χ3n) is 3.72. The Kier molecular flexibility index (Phi) is 4.62. The van der Waals surface area contributed by atoms with E-state index in [4.69, 9.17) is 4.74 Å². The van der Waals surface area contributed by atoms with Crippen LogP contribution in [-0.4, -0.2) is 37.9 Å². The van der Waals surface area contributed by atoms with Gasteiger partial charge in [0, 0.05) is 25.8 Å². The van der Waals surface area contributed by atoms with Crippen LogP contribution in [0.15, 0.2) is 18.5 Å². The molecule has 20 heavy (non-hydrogen) atoms. The second-order valence-corrected chi connectivity index (χ2v) is 6.97. The van der Waals surface area contributed by atoms with Gasteiger partial charge in [-0.2, -0.15) is 17.4 Å². The molecule has 1 saturated carbocycles. The quantitative estimate of drug-likeness (QED) is 0.820. The highest BCUT2D eigenvalue weighted by Crippen LogP contribution is 2.35. The van der Waals surface area contributed by atoms with Gasteiger partial charge in [-0.25, -0.2) is 0 Å². The van der Waals surface area contributed by atoms with E-state index in [1.807, 2.05) is 6.92 Å². The molecule has 0 aliphatic heterocycles. The van der Waals surface area contributed by atoms with Crippen molar-refractivity contribution in [2.24, 2.45) is 5.92 Å². The molecule has 1 heterocycles. The second kappa shape index (κ2) is 6.07. The molecule has 1 aliphatic rings. The first kappa shape index (κ1) is 15.2. The van der Waals surface area contributed by atoms with Gasteiger partial charge >= 0.3 is 0 Å². The molecule has 1 fully saturated rings. The number of nitrogens with zero attached hydrogens (tertiary/aromatic N) is 2. The average molecular weight is 299 g/mol. The average Bonchev–Trinajstić information content (AvgIpc) is 3.28. The van der Waals surface area contributed by atoms with Crippen molar-refractivity contribution in [3.05, 3.63) is 24.0 Å². The van der Waals surface area contributed by atoms with Gasteiger partial charge in [-0.05, 0) is 37.3 Å². The Morgan fingerprint density at radius 3 is 2.80 bits per heavy atom. The lowest BCUT2D eigenvalue weighted by Gasteiger charge is -2.24. The Morgan fingerprint density at radius 2 is 2.20 bits per heavy atom. The summed E-state index contributed by atoms with van der Waals surface area (Å²) in [6.07, 6.45) is 5.43. The molecule has 0 bridgehead atoms. The van der Waals surface area contributed by atoms with Crippen molar-refractivity contribution in [1.29, 1.82) is 0 Å². The Hall–Kier alpha value is -1.18. The number of hydrogen-bond donors (Lipinski definition) is 1. The summed E-state index contributed by atoms with van der Waals surface area (Å²) < 4.78 is 33.5. The van der Waals surface area contributed by atoms with Crippen molar-refractivity contribution in [1.82, 2.24) is 14.0 Å². The molecule has 1 aromatic rings. The molecular weight excluding hydrogens is 278 g/mol. The summed E-state index contributed by atoms with van der Waals surface area (Å²) in [5.41, 5.74) is 0.764. The number of pyridine rings is 1. The maximum absolute atomic E-state index is 12.2. The van der Waals surface area contributed by atoms with Gasteiger partial charge in [0.1, 0.15) is 5.75 Å². The van der Waals surface area contributed by atoms with Crippen LogP contribution in [0.25, 0.3) is 0 Å². The highest BCUT2D eigenvalue weighted by molar-refractivity contribution is 7.87. The Bertz CT molecular complexity index is 558. The van der Waals surface area contributed by atoms with Gasteiger partial charge in [0.25, 0.3) is 10.2 Å². The zero-order valence-electron chi connectivity index (χ0n) is 12.0. The largest absolute Gasteiger partial charge is 0.495 e. The van der Waals surface area contributed by atoms with Gasteiger partial charge in [0.2, 0.25) is 0 Å². The van der Waals surface area contributed by atoms with Crippen LogP contribution in [0.3, 0.4) is 0 Å². The van der Waals surface area contributed by atoms with E-state index in [1.54, 1.807) is 32.6 Å². The van der Waals surface area contributed by atoms with E-state index in [0.29, 0.717) is 11.7 Å². The lowest BCUT2D eigenvalue weighted by atomic mass is 10.2. The first-order valence-electron chi connectivity index (χ1n) is 6.64. The van der Waals surface area contributed by atoms with Gasteiger partial charge in [-0.3, -0.25) is 4.98 Å². The van der Waals surface area contributed by atoms with Crippen molar-refractivity contribution in [2.45, 2.75) is 32.4 Å². The van der Waals surface area contributed by atoms with E-state index >= 15 is 0 Å². The fraction of sp³-hybridized carbons (Fsp3) is 0.615. The van der Waals surface area contributed by atoms with Crippen LogP contribution in [-0.2, 0) is 16.8 Å². The minimum absolute atomic E-state index is 0.0379. The number of rotatable bonds is 7. The standard InChI is InChI=1S/C13H21N3O3S/c1-10(12-4-5-12)16(2)20(17,18)15-8-11-6-13(19-3)9-14-7-11/h6-7,9-10,12,15H,4-5,8H2,1-3H3. The third-order valence-corrected chi connectivity index (χ3v) is 5.32. The van der Waals surface area contributed by atoms with Crippen LogP contribution in [0.4, 0.5) is 0 Å². The van der Waals surface area contributed by atoms with Crippen LogP contribution < -0.4 is 9.46 Å². The van der Waals surface area contributed by atoms with E-state index in [2.05, 4.69) is 9.71 Å². The van der Waals surface area contributed by atoms with Crippen molar-refractivity contribution in [3.8, 4) is 5.75 Å². The summed E-state index contributed by atoms with van der Waals surface area (Å²) in [6, 6.07) is 1.80. The summed E-state index contributed by atoms with van der Waals surface area (Å²) in [5.74, 6) is 1.11. The fourth-order valence-electron chi connectivity index (χ4n) is 2.04. The van der Waals surface area contributed by atoms with E-state index in [9.17, 15) is 8.42 Å². The first-order chi connectivity index (χ1) is 9.44. The molecule has 6 nitrogen and oxygen atoms in total. The van der Waals surface area contributed by atoms with E-state index in [0.717, 1.165) is 18.4 Å². The highest BCUT2D eigenvalue weighted by Gasteiger charge is 2.35. The molecule has 2 rings (SSSR count). The van der Waals surface area contributed by atoms with Gasteiger partial charge in [0.05, 0.1) is 13.3 Å². The minimum atomic E-state index is -3.47. The van der Waals surface area contributed by atoms with Crippen LogP contribution in [0.1, 0.15) is 25.3 Å². The molecule has 0 amide bonds. The molecule has 1 aromatic heterocycles. The van der Waals surface area contributed by atoms with Crippen molar-refractivity contribution < 1.29 is 13.2 Å². The SMILES string of the molecule is COc1cncc(CNS(=O)(=O)N(C)C(C)C2CC2)c1. The topological polar surface area (TPSA) is 71.5 Å². The van der Waals surface area contributed by atoms with Crippen LogP contribution >= 0.6 is 0 Å². The maximum Gasteiger partial charge on any atom is 0.279 e.